The number of aliphatic carboxylic acids is 2. The summed E-state index contributed by atoms with van der Waals surface area (Å²) in [5.74, 6) is -1.24. The molecule has 152 valence electrons. The zero-order valence-electron chi connectivity index (χ0n) is 16.2. The van der Waals surface area contributed by atoms with Crippen molar-refractivity contribution in [1.82, 2.24) is 0 Å². The molecule has 1 aromatic rings. The SMILES string of the molecule is CCCCCCCCCCCSc1ccccc1C(SCC(=O)O)C(=O)O. The predicted molar refractivity (Wildman–Crippen MR) is 115 cm³/mol. The van der Waals surface area contributed by atoms with E-state index in [9.17, 15) is 14.7 Å². The maximum Gasteiger partial charge on any atom is 0.321 e. The maximum atomic E-state index is 11.6. The first-order valence-corrected chi connectivity index (χ1v) is 11.9. The molecule has 0 aliphatic carbocycles. The number of thioether (sulfide) groups is 2. The lowest BCUT2D eigenvalue weighted by Gasteiger charge is -2.15. The molecule has 0 heterocycles. The lowest BCUT2D eigenvalue weighted by molar-refractivity contribution is -0.136. The van der Waals surface area contributed by atoms with E-state index in [4.69, 9.17) is 5.11 Å². The van der Waals surface area contributed by atoms with Gasteiger partial charge < -0.3 is 10.2 Å². The molecule has 1 unspecified atom stereocenters. The van der Waals surface area contributed by atoms with Gasteiger partial charge in [0, 0.05) is 4.90 Å². The molecule has 6 heteroatoms. The Morgan fingerprint density at radius 2 is 1.52 bits per heavy atom. The van der Waals surface area contributed by atoms with Crippen LogP contribution in [0.4, 0.5) is 0 Å². The first-order chi connectivity index (χ1) is 13.1. The van der Waals surface area contributed by atoms with Crippen LogP contribution in [0, 0.1) is 0 Å². The minimum absolute atomic E-state index is 0.214. The van der Waals surface area contributed by atoms with E-state index in [0.29, 0.717) is 5.56 Å². The fourth-order valence-electron chi connectivity index (χ4n) is 2.87. The summed E-state index contributed by atoms with van der Waals surface area (Å²) in [5, 5.41) is 17.5. The molecule has 0 aliphatic rings. The van der Waals surface area contributed by atoms with Crippen LogP contribution < -0.4 is 0 Å². The van der Waals surface area contributed by atoms with Gasteiger partial charge in [0.2, 0.25) is 0 Å². The fourth-order valence-corrected chi connectivity index (χ4v) is 4.88. The molecule has 0 aliphatic heterocycles. The number of rotatable bonds is 16. The van der Waals surface area contributed by atoms with Crippen LogP contribution >= 0.6 is 23.5 Å². The molecule has 1 rings (SSSR count). The van der Waals surface area contributed by atoms with Crippen molar-refractivity contribution >= 4 is 35.5 Å². The molecule has 1 aromatic carbocycles. The third-order valence-corrected chi connectivity index (χ3v) is 6.68. The van der Waals surface area contributed by atoms with Gasteiger partial charge in [0.1, 0.15) is 5.25 Å². The first kappa shape index (κ1) is 23.9. The van der Waals surface area contributed by atoms with Crippen molar-refractivity contribution in [3.63, 3.8) is 0 Å². The smallest absolute Gasteiger partial charge is 0.321 e. The van der Waals surface area contributed by atoms with E-state index in [-0.39, 0.29) is 5.75 Å². The third-order valence-electron chi connectivity index (χ3n) is 4.30. The van der Waals surface area contributed by atoms with Crippen LogP contribution in [0.2, 0.25) is 0 Å². The number of hydrogen-bond donors (Lipinski definition) is 2. The lowest BCUT2D eigenvalue weighted by Crippen LogP contribution is -2.12. The van der Waals surface area contributed by atoms with Crippen molar-refractivity contribution in [3.8, 4) is 0 Å². The highest BCUT2D eigenvalue weighted by atomic mass is 32.2. The molecule has 0 aromatic heterocycles. The van der Waals surface area contributed by atoms with Crippen LogP contribution in [0.25, 0.3) is 0 Å². The third kappa shape index (κ3) is 10.7. The number of benzene rings is 1. The summed E-state index contributed by atoms with van der Waals surface area (Å²) in [4.78, 5) is 23.3. The van der Waals surface area contributed by atoms with Gasteiger partial charge in [-0.25, -0.2) is 0 Å². The number of hydrogen-bond acceptors (Lipinski definition) is 4. The van der Waals surface area contributed by atoms with Crippen molar-refractivity contribution in [1.29, 1.82) is 0 Å². The normalized spacial score (nSPS) is 12.0. The van der Waals surface area contributed by atoms with E-state index in [0.717, 1.165) is 28.8 Å². The van der Waals surface area contributed by atoms with Crippen LogP contribution in [0.3, 0.4) is 0 Å². The maximum absolute atomic E-state index is 11.6. The molecule has 0 spiro atoms. The second kappa shape index (κ2) is 14.9. The molecular formula is C21H32O4S2. The van der Waals surface area contributed by atoms with E-state index in [1.807, 2.05) is 18.2 Å². The van der Waals surface area contributed by atoms with E-state index in [2.05, 4.69) is 6.92 Å². The predicted octanol–water partition coefficient (Wildman–Crippen LogP) is 6.25. The monoisotopic (exact) mass is 412 g/mol. The van der Waals surface area contributed by atoms with E-state index >= 15 is 0 Å². The van der Waals surface area contributed by atoms with Crippen molar-refractivity contribution in [2.45, 2.75) is 74.9 Å². The highest BCUT2D eigenvalue weighted by molar-refractivity contribution is 8.01. The molecule has 4 nitrogen and oxygen atoms in total. The van der Waals surface area contributed by atoms with Crippen LogP contribution in [0.5, 0.6) is 0 Å². The summed E-state index contributed by atoms with van der Waals surface area (Å²) >= 11 is 2.63. The zero-order chi connectivity index (χ0) is 19.9. The second-order valence-corrected chi connectivity index (χ2v) is 8.87. The molecule has 0 bridgehead atoms. The van der Waals surface area contributed by atoms with Gasteiger partial charge >= 0.3 is 11.9 Å². The van der Waals surface area contributed by atoms with Crippen LogP contribution in [0.1, 0.15) is 75.5 Å². The summed E-state index contributed by atoms with van der Waals surface area (Å²) in [7, 11) is 0. The highest BCUT2D eigenvalue weighted by Crippen LogP contribution is 2.36. The van der Waals surface area contributed by atoms with E-state index in [1.54, 1.807) is 17.8 Å². The Morgan fingerprint density at radius 1 is 0.926 bits per heavy atom. The fraction of sp³-hybridized carbons (Fsp3) is 0.619. The summed E-state index contributed by atoms with van der Waals surface area (Å²) in [6, 6.07) is 7.45. The lowest BCUT2D eigenvalue weighted by atomic mass is 10.1. The van der Waals surface area contributed by atoms with Crippen molar-refractivity contribution < 1.29 is 19.8 Å². The number of carbonyl (C=O) groups is 2. The van der Waals surface area contributed by atoms with Gasteiger partial charge in [0.25, 0.3) is 0 Å². The molecule has 0 saturated heterocycles. The summed E-state index contributed by atoms with van der Waals surface area (Å²) in [5.41, 5.74) is 0.706. The van der Waals surface area contributed by atoms with Gasteiger partial charge in [-0.1, -0.05) is 76.5 Å². The van der Waals surface area contributed by atoms with Crippen LogP contribution in [-0.2, 0) is 9.59 Å². The second-order valence-electron chi connectivity index (χ2n) is 6.64. The molecule has 0 fully saturated rings. The van der Waals surface area contributed by atoms with Crippen molar-refractivity contribution in [3.05, 3.63) is 29.8 Å². The molecule has 2 N–H and O–H groups in total. The molecule has 0 radical (unpaired) electrons. The summed E-state index contributed by atoms with van der Waals surface area (Å²) < 4.78 is 0. The van der Waals surface area contributed by atoms with Gasteiger partial charge in [-0.05, 0) is 23.8 Å². The summed E-state index contributed by atoms with van der Waals surface area (Å²) in [6.45, 7) is 2.24. The van der Waals surface area contributed by atoms with Crippen LogP contribution in [-0.4, -0.2) is 33.7 Å². The topological polar surface area (TPSA) is 74.6 Å². The zero-order valence-corrected chi connectivity index (χ0v) is 17.8. The Bertz CT molecular complexity index is 563. The Kier molecular flexibility index (Phi) is 13.2. The average molecular weight is 413 g/mol. The van der Waals surface area contributed by atoms with Crippen molar-refractivity contribution in [2.75, 3.05) is 11.5 Å². The Balaban J connectivity index is 2.38. The number of carboxylic acid groups (broad SMARTS) is 2. The number of carboxylic acids is 2. The Morgan fingerprint density at radius 3 is 2.11 bits per heavy atom. The summed E-state index contributed by atoms with van der Waals surface area (Å²) in [6.07, 6.45) is 11.6. The minimum atomic E-state index is -0.994. The Hall–Kier alpha value is -1.14. The van der Waals surface area contributed by atoms with E-state index in [1.165, 1.54) is 51.4 Å². The van der Waals surface area contributed by atoms with Crippen molar-refractivity contribution in [2.24, 2.45) is 0 Å². The average Bonchev–Trinajstić information content (AvgIpc) is 2.64. The number of unbranched alkanes of at least 4 members (excludes halogenated alkanes) is 8. The molecular weight excluding hydrogens is 380 g/mol. The van der Waals surface area contributed by atoms with Gasteiger partial charge in [-0.3, -0.25) is 9.59 Å². The van der Waals surface area contributed by atoms with E-state index < -0.39 is 17.2 Å². The first-order valence-electron chi connectivity index (χ1n) is 9.84. The molecule has 0 amide bonds. The van der Waals surface area contributed by atoms with Gasteiger partial charge in [0.15, 0.2) is 0 Å². The molecule has 1 atom stereocenters. The highest BCUT2D eigenvalue weighted by Gasteiger charge is 2.24. The quantitative estimate of drug-likeness (QED) is 0.247. The van der Waals surface area contributed by atoms with Gasteiger partial charge in [-0.15, -0.1) is 23.5 Å². The van der Waals surface area contributed by atoms with Gasteiger partial charge in [0.05, 0.1) is 5.75 Å². The Labute approximate surface area is 171 Å². The van der Waals surface area contributed by atoms with Gasteiger partial charge in [-0.2, -0.15) is 0 Å². The van der Waals surface area contributed by atoms with Crippen LogP contribution in [0.15, 0.2) is 29.2 Å². The largest absolute Gasteiger partial charge is 0.481 e. The molecule has 27 heavy (non-hydrogen) atoms. The molecule has 0 saturated carbocycles. The standard InChI is InChI=1S/C21H32O4S2/c1-2-3-4-5-6-7-8-9-12-15-26-18-14-11-10-13-17(18)20(21(24)25)27-16-19(22)23/h10-11,13-14,20H,2-9,12,15-16H2,1H3,(H,22,23)(H,24,25). The minimum Gasteiger partial charge on any atom is -0.481 e.